The number of nitrogens with one attached hydrogen (secondary N) is 1. The summed E-state index contributed by atoms with van der Waals surface area (Å²) >= 11 is 5.97. The fraction of sp³-hybridized carbons (Fsp3) is 0.167. The van der Waals surface area contributed by atoms with Crippen molar-refractivity contribution in [2.24, 2.45) is 5.73 Å². The summed E-state index contributed by atoms with van der Waals surface area (Å²) in [6, 6.07) is 2.46. The third-order valence-corrected chi connectivity index (χ3v) is 3.22. The summed E-state index contributed by atoms with van der Waals surface area (Å²) in [5, 5.41) is 9.44. The van der Waals surface area contributed by atoms with Crippen LogP contribution in [0, 0.1) is 12.7 Å². The van der Waals surface area contributed by atoms with E-state index in [4.69, 9.17) is 22.4 Å². The zero-order chi connectivity index (χ0) is 14.3. The normalized spacial score (nSPS) is 12.6. The number of aromatic amines is 1. The molecule has 0 aliphatic rings. The maximum absolute atomic E-state index is 13.7. The first-order valence-corrected chi connectivity index (χ1v) is 5.70. The maximum Gasteiger partial charge on any atom is 0.320 e. The first-order valence-electron chi connectivity index (χ1n) is 5.33. The van der Waals surface area contributed by atoms with Gasteiger partial charge in [0.1, 0.15) is 5.82 Å². The minimum atomic E-state index is -1.58. The number of primary amides is 1. The van der Waals surface area contributed by atoms with Gasteiger partial charge in [-0.25, -0.2) is 4.39 Å². The van der Waals surface area contributed by atoms with Crippen molar-refractivity contribution in [1.29, 1.82) is 0 Å². The molecule has 1 unspecified atom stereocenters. The van der Waals surface area contributed by atoms with Gasteiger partial charge in [-0.15, -0.1) is 0 Å². The van der Waals surface area contributed by atoms with Crippen molar-refractivity contribution in [3.8, 4) is 0 Å². The Morgan fingerprint density at radius 1 is 1.47 bits per heavy atom. The van der Waals surface area contributed by atoms with Crippen molar-refractivity contribution in [3.05, 3.63) is 34.2 Å². The molecule has 4 N–H and O–H groups in total. The van der Waals surface area contributed by atoms with Crippen LogP contribution in [0.25, 0.3) is 10.9 Å². The Labute approximate surface area is 112 Å². The number of hydrogen-bond acceptors (Lipinski definition) is 2. The van der Waals surface area contributed by atoms with Crippen LogP contribution in [-0.2, 0) is 9.59 Å². The van der Waals surface area contributed by atoms with Gasteiger partial charge in [-0.2, -0.15) is 0 Å². The lowest BCUT2D eigenvalue weighted by Gasteiger charge is -2.09. The molecule has 0 saturated carbocycles. The molecule has 1 aromatic carbocycles. The van der Waals surface area contributed by atoms with Crippen LogP contribution in [0.2, 0.25) is 5.02 Å². The van der Waals surface area contributed by atoms with E-state index in [-0.39, 0.29) is 21.5 Å². The summed E-state index contributed by atoms with van der Waals surface area (Å²) in [7, 11) is 0. The van der Waals surface area contributed by atoms with Gasteiger partial charge in [-0.05, 0) is 19.1 Å². The Bertz CT molecular complexity index is 682. The number of halogens is 2. The minimum Gasteiger partial charge on any atom is -0.480 e. The number of carbonyl (C=O) groups excluding carboxylic acids is 1. The molecule has 0 saturated heterocycles. The molecule has 0 fully saturated rings. The van der Waals surface area contributed by atoms with Gasteiger partial charge in [0.05, 0.1) is 10.5 Å². The van der Waals surface area contributed by atoms with Crippen molar-refractivity contribution in [3.63, 3.8) is 0 Å². The topological polar surface area (TPSA) is 96.2 Å². The summed E-state index contributed by atoms with van der Waals surface area (Å²) in [5.41, 5.74) is 5.61. The number of carboxylic acid groups (broad SMARTS) is 1. The maximum atomic E-state index is 13.7. The smallest absolute Gasteiger partial charge is 0.320 e. The number of fused-ring (bicyclic) bond motifs is 1. The molecule has 0 aliphatic heterocycles. The lowest BCUT2D eigenvalue weighted by molar-refractivity contribution is -0.142. The average Bonchev–Trinajstić information content (AvgIpc) is 2.63. The second kappa shape index (κ2) is 4.55. The molecule has 7 heteroatoms. The first-order chi connectivity index (χ1) is 8.84. The van der Waals surface area contributed by atoms with E-state index in [1.807, 2.05) is 0 Å². The van der Waals surface area contributed by atoms with Gasteiger partial charge in [-0.3, -0.25) is 9.59 Å². The predicted octanol–water partition coefficient (Wildman–Crippen LogP) is 1.92. The molecular formula is C12H10ClFN2O3. The van der Waals surface area contributed by atoms with Crippen LogP contribution < -0.4 is 5.73 Å². The van der Waals surface area contributed by atoms with E-state index in [0.717, 1.165) is 6.07 Å². The number of rotatable bonds is 3. The number of aryl methyl sites for hydroxylation is 1. The molecule has 5 nitrogen and oxygen atoms in total. The number of aliphatic carboxylic acids is 1. The fourth-order valence-corrected chi connectivity index (χ4v) is 2.39. The average molecular weight is 285 g/mol. The Morgan fingerprint density at radius 2 is 2.11 bits per heavy atom. The van der Waals surface area contributed by atoms with Crippen molar-refractivity contribution in [1.82, 2.24) is 4.98 Å². The Kier molecular flexibility index (Phi) is 3.20. The van der Waals surface area contributed by atoms with E-state index in [9.17, 15) is 14.0 Å². The van der Waals surface area contributed by atoms with E-state index in [1.54, 1.807) is 0 Å². The van der Waals surface area contributed by atoms with E-state index >= 15 is 0 Å². The van der Waals surface area contributed by atoms with Crippen LogP contribution in [0.1, 0.15) is 17.2 Å². The van der Waals surface area contributed by atoms with Crippen LogP contribution in [0.4, 0.5) is 4.39 Å². The number of carbonyl (C=O) groups is 2. The van der Waals surface area contributed by atoms with Gasteiger partial charge in [0.2, 0.25) is 5.91 Å². The third kappa shape index (κ3) is 2.04. The monoisotopic (exact) mass is 284 g/mol. The van der Waals surface area contributed by atoms with Crippen LogP contribution in [0.3, 0.4) is 0 Å². The highest BCUT2D eigenvalue weighted by Gasteiger charge is 2.32. The number of H-pyrrole nitrogens is 1. The van der Waals surface area contributed by atoms with Crippen LogP contribution >= 0.6 is 11.6 Å². The Morgan fingerprint density at radius 3 is 2.63 bits per heavy atom. The molecule has 100 valence electrons. The largest absolute Gasteiger partial charge is 0.480 e. The van der Waals surface area contributed by atoms with Crippen molar-refractivity contribution < 1.29 is 19.1 Å². The van der Waals surface area contributed by atoms with Gasteiger partial charge in [0, 0.05) is 16.6 Å². The summed E-state index contributed by atoms with van der Waals surface area (Å²) < 4.78 is 13.7. The summed E-state index contributed by atoms with van der Waals surface area (Å²) in [5.74, 6) is -4.59. The zero-order valence-corrected chi connectivity index (χ0v) is 10.6. The third-order valence-electron chi connectivity index (χ3n) is 2.91. The zero-order valence-electron chi connectivity index (χ0n) is 9.83. The van der Waals surface area contributed by atoms with Gasteiger partial charge in [-0.1, -0.05) is 11.6 Å². The van der Waals surface area contributed by atoms with Gasteiger partial charge < -0.3 is 15.8 Å². The Balaban J connectivity index is 2.87. The summed E-state index contributed by atoms with van der Waals surface area (Å²) in [6.07, 6.45) is 0. The van der Waals surface area contributed by atoms with Gasteiger partial charge >= 0.3 is 5.97 Å². The molecular weight excluding hydrogens is 275 g/mol. The van der Waals surface area contributed by atoms with Gasteiger partial charge in [0.25, 0.3) is 0 Å². The molecule has 0 radical (unpaired) electrons. The van der Waals surface area contributed by atoms with Gasteiger partial charge in [0.15, 0.2) is 5.92 Å². The number of amides is 1. The van der Waals surface area contributed by atoms with E-state index < -0.39 is 23.6 Å². The molecule has 2 aromatic rings. The van der Waals surface area contributed by atoms with Crippen LogP contribution in [-0.4, -0.2) is 22.0 Å². The number of carboxylic acids is 1. The molecule has 1 amide bonds. The van der Waals surface area contributed by atoms with E-state index in [0.29, 0.717) is 5.69 Å². The molecule has 19 heavy (non-hydrogen) atoms. The highest BCUT2D eigenvalue weighted by atomic mass is 35.5. The first kappa shape index (κ1) is 13.4. The predicted molar refractivity (Wildman–Crippen MR) is 67.6 cm³/mol. The number of hydrogen-bond donors (Lipinski definition) is 3. The lowest BCUT2D eigenvalue weighted by atomic mass is 9.95. The summed E-state index contributed by atoms with van der Waals surface area (Å²) in [6.45, 7) is 1.53. The van der Waals surface area contributed by atoms with Crippen molar-refractivity contribution in [2.75, 3.05) is 0 Å². The van der Waals surface area contributed by atoms with Crippen LogP contribution in [0.5, 0.6) is 0 Å². The standard InChI is InChI=1S/C12H10ClFN2O3/c1-4-7(9(11(15)17)12(18)19)8-5(13)2-3-6(14)10(8)16-4/h2-3,9,16H,1H3,(H2,15,17)(H,18,19). The molecule has 0 aliphatic carbocycles. The minimum absolute atomic E-state index is 0.0625. The quantitative estimate of drug-likeness (QED) is 0.751. The number of nitrogens with two attached hydrogens (primary N) is 1. The van der Waals surface area contributed by atoms with Crippen molar-refractivity contribution in [2.45, 2.75) is 12.8 Å². The molecule has 0 bridgehead atoms. The number of benzene rings is 1. The molecule has 1 atom stereocenters. The molecule has 0 spiro atoms. The highest BCUT2D eigenvalue weighted by Crippen LogP contribution is 2.35. The van der Waals surface area contributed by atoms with E-state index in [2.05, 4.69) is 4.98 Å². The second-order valence-corrected chi connectivity index (χ2v) is 4.52. The fourth-order valence-electron chi connectivity index (χ4n) is 2.13. The molecule has 1 heterocycles. The molecule has 1 aromatic heterocycles. The van der Waals surface area contributed by atoms with Crippen LogP contribution in [0.15, 0.2) is 12.1 Å². The summed E-state index contributed by atoms with van der Waals surface area (Å²) in [4.78, 5) is 25.2. The SMILES string of the molecule is Cc1[nH]c2c(F)ccc(Cl)c2c1C(C(N)=O)C(=O)O. The van der Waals surface area contributed by atoms with Crippen molar-refractivity contribution >= 4 is 34.4 Å². The molecule has 2 rings (SSSR count). The lowest BCUT2D eigenvalue weighted by Crippen LogP contribution is -2.28. The Hall–Kier alpha value is -2.08. The highest BCUT2D eigenvalue weighted by molar-refractivity contribution is 6.36. The second-order valence-electron chi connectivity index (χ2n) is 4.12. The van der Waals surface area contributed by atoms with E-state index in [1.165, 1.54) is 13.0 Å². The number of aromatic nitrogens is 1.